The van der Waals surface area contributed by atoms with E-state index in [1.165, 1.54) is 11.8 Å². The number of allylic oxidation sites excluding steroid dienone is 1. The zero-order chi connectivity index (χ0) is 28.0. The molecule has 40 heavy (non-hydrogen) atoms. The molecule has 194 valence electrons. The third-order valence-electron chi connectivity index (χ3n) is 6.49. The second kappa shape index (κ2) is 11.8. The third-order valence-corrected chi connectivity index (χ3v) is 7.61. The smallest absolute Gasteiger partial charge is 0.172 e. The van der Waals surface area contributed by atoms with Crippen molar-refractivity contribution in [2.45, 2.75) is 24.3 Å². The van der Waals surface area contributed by atoms with Gasteiger partial charge in [-0.25, -0.2) is 0 Å². The predicted octanol–water partition coefficient (Wildman–Crippen LogP) is 9.33. The highest BCUT2D eigenvalue weighted by molar-refractivity contribution is 8.03. The lowest BCUT2D eigenvalue weighted by atomic mass is 9.98. The topological polar surface area (TPSA) is 60.0 Å². The van der Waals surface area contributed by atoms with Crippen LogP contribution in [-0.2, 0) is 4.74 Å². The molecule has 0 saturated heterocycles. The Kier molecular flexibility index (Phi) is 7.87. The molecule has 4 nitrogen and oxygen atoms in total. The van der Waals surface area contributed by atoms with Crippen molar-refractivity contribution < 1.29 is 4.74 Å². The lowest BCUT2D eigenvalue weighted by molar-refractivity contribution is 0.0957. The summed E-state index contributed by atoms with van der Waals surface area (Å²) in [4.78, 5) is 4.01. The van der Waals surface area contributed by atoms with Crippen LogP contribution in [0.2, 0.25) is 0 Å². The van der Waals surface area contributed by atoms with E-state index in [1.54, 1.807) is 0 Å². The van der Waals surface area contributed by atoms with E-state index in [4.69, 9.17) is 4.74 Å². The SMILES string of the molecule is CC1(C)OC(=C(C#N)C#N)C(Sc2ccccc2)=C1/C=C/c1ccc(N(c2ccccc2)c2ccccc2)cc1. The summed E-state index contributed by atoms with van der Waals surface area (Å²) < 4.78 is 6.21. The molecule has 0 unspecified atom stereocenters. The molecular weight excluding hydrogens is 510 g/mol. The van der Waals surface area contributed by atoms with Crippen LogP contribution < -0.4 is 4.90 Å². The fraction of sp³-hybridized carbons (Fsp3) is 0.0857. The quantitative estimate of drug-likeness (QED) is 0.220. The lowest BCUT2D eigenvalue weighted by Gasteiger charge is -2.25. The van der Waals surface area contributed by atoms with Gasteiger partial charge in [0.05, 0.1) is 4.91 Å². The fourth-order valence-corrected chi connectivity index (χ4v) is 5.73. The van der Waals surface area contributed by atoms with Crippen molar-refractivity contribution in [2.75, 3.05) is 4.90 Å². The van der Waals surface area contributed by atoms with E-state index in [0.29, 0.717) is 5.76 Å². The van der Waals surface area contributed by atoms with Gasteiger partial charge in [0.1, 0.15) is 17.7 Å². The van der Waals surface area contributed by atoms with Gasteiger partial charge in [0, 0.05) is 27.5 Å². The minimum atomic E-state index is -0.709. The number of nitriles is 2. The average Bonchev–Trinajstić information content (AvgIpc) is 3.23. The molecule has 1 aliphatic rings. The Bertz CT molecular complexity index is 1600. The summed E-state index contributed by atoms with van der Waals surface area (Å²) in [6.07, 6.45) is 4.08. The van der Waals surface area contributed by atoms with Gasteiger partial charge < -0.3 is 9.64 Å². The molecule has 0 aliphatic carbocycles. The Morgan fingerprint density at radius 1 is 0.700 bits per heavy atom. The van der Waals surface area contributed by atoms with Crippen LogP contribution in [0, 0.1) is 22.7 Å². The van der Waals surface area contributed by atoms with Crippen LogP contribution in [0.3, 0.4) is 0 Å². The van der Waals surface area contributed by atoms with E-state index in [-0.39, 0.29) is 5.57 Å². The van der Waals surface area contributed by atoms with Crippen molar-refractivity contribution in [2.24, 2.45) is 0 Å². The zero-order valence-electron chi connectivity index (χ0n) is 22.3. The van der Waals surface area contributed by atoms with E-state index in [1.807, 2.05) is 105 Å². The summed E-state index contributed by atoms with van der Waals surface area (Å²) in [5, 5.41) is 19.2. The van der Waals surface area contributed by atoms with Crippen LogP contribution in [0.1, 0.15) is 19.4 Å². The summed E-state index contributed by atoms with van der Waals surface area (Å²) in [7, 11) is 0. The first-order valence-corrected chi connectivity index (χ1v) is 13.7. The molecule has 4 aromatic rings. The Balaban J connectivity index is 1.51. The van der Waals surface area contributed by atoms with Gasteiger partial charge in [-0.1, -0.05) is 90.6 Å². The minimum absolute atomic E-state index is 0.0267. The van der Waals surface area contributed by atoms with Crippen LogP contribution in [0.4, 0.5) is 17.1 Å². The van der Waals surface area contributed by atoms with E-state index >= 15 is 0 Å². The van der Waals surface area contributed by atoms with E-state index in [2.05, 4.69) is 53.4 Å². The fourth-order valence-electron chi connectivity index (χ4n) is 4.54. The highest BCUT2D eigenvalue weighted by Gasteiger charge is 2.38. The molecule has 0 spiro atoms. The second-order valence-electron chi connectivity index (χ2n) is 9.63. The van der Waals surface area contributed by atoms with Crippen LogP contribution in [0.25, 0.3) is 6.08 Å². The molecule has 1 aliphatic heterocycles. The summed E-state index contributed by atoms with van der Waals surface area (Å²) in [5.41, 5.74) is 4.42. The van der Waals surface area contributed by atoms with Gasteiger partial charge in [-0.3, -0.25) is 0 Å². The van der Waals surface area contributed by atoms with Crippen molar-refractivity contribution in [1.29, 1.82) is 10.5 Å². The van der Waals surface area contributed by atoms with Crippen molar-refractivity contribution in [3.05, 3.63) is 149 Å². The third kappa shape index (κ3) is 5.71. The number of benzene rings is 4. The van der Waals surface area contributed by atoms with Gasteiger partial charge in [-0.2, -0.15) is 10.5 Å². The molecule has 5 rings (SSSR count). The Morgan fingerprint density at radius 2 is 1.20 bits per heavy atom. The molecule has 0 atom stereocenters. The average molecular weight is 538 g/mol. The number of hydrogen-bond donors (Lipinski definition) is 0. The van der Waals surface area contributed by atoms with Crippen LogP contribution >= 0.6 is 11.8 Å². The molecule has 0 N–H and O–H groups in total. The highest BCUT2D eigenvalue weighted by atomic mass is 32.2. The predicted molar refractivity (Wildman–Crippen MR) is 163 cm³/mol. The molecule has 0 fully saturated rings. The molecule has 0 bridgehead atoms. The van der Waals surface area contributed by atoms with Gasteiger partial charge in [0.25, 0.3) is 0 Å². The number of thioether (sulfide) groups is 1. The summed E-state index contributed by atoms with van der Waals surface area (Å²) >= 11 is 1.50. The largest absolute Gasteiger partial charge is 0.480 e. The maximum Gasteiger partial charge on any atom is 0.172 e. The molecule has 1 heterocycles. The summed E-state index contributed by atoms with van der Waals surface area (Å²) in [5.74, 6) is 0.334. The molecular formula is C35H27N3OS. The van der Waals surface area contributed by atoms with E-state index in [9.17, 15) is 10.5 Å². The number of anilines is 3. The first-order chi connectivity index (χ1) is 19.5. The summed E-state index contributed by atoms with van der Waals surface area (Å²) in [6.45, 7) is 3.91. The van der Waals surface area contributed by atoms with Gasteiger partial charge in [-0.15, -0.1) is 0 Å². The van der Waals surface area contributed by atoms with Gasteiger partial charge in [0.15, 0.2) is 11.3 Å². The summed E-state index contributed by atoms with van der Waals surface area (Å²) in [6, 6.07) is 42.9. The molecule has 5 heteroatoms. The standard InChI is InChI=1S/C35H27N3OS/c1-35(2)32(34(33(39-35)27(24-36)25-37)40-31-16-10-5-11-17-31)23-20-26-18-21-30(22-19-26)38(28-12-6-3-7-13-28)29-14-8-4-9-15-29/h3-23H,1-2H3/b23-20+. The van der Waals surface area contributed by atoms with Crippen molar-refractivity contribution >= 4 is 34.9 Å². The van der Waals surface area contributed by atoms with Crippen LogP contribution in [0.5, 0.6) is 0 Å². The van der Waals surface area contributed by atoms with Crippen LogP contribution in [-0.4, -0.2) is 5.60 Å². The highest BCUT2D eigenvalue weighted by Crippen LogP contribution is 2.48. The number of para-hydroxylation sites is 2. The number of nitrogens with zero attached hydrogens (tertiary/aromatic N) is 3. The lowest BCUT2D eigenvalue weighted by Crippen LogP contribution is -2.20. The molecule has 0 radical (unpaired) electrons. The van der Waals surface area contributed by atoms with Crippen molar-refractivity contribution in [1.82, 2.24) is 0 Å². The second-order valence-corrected chi connectivity index (χ2v) is 10.7. The van der Waals surface area contributed by atoms with E-state index in [0.717, 1.165) is 38.0 Å². The molecule has 4 aromatic carbocycles. The zero-order valence-corrected chi connectivity index (χ0v) is 23.1. The Morgan fingerprint density at radius 3 is 1.73 bits per heavy atom. The van der Waals surface area contributed by atoms with Crippen molar-refractivity contribution in [3.63, 3.8) is 0 Å². The van der Waals surface area contributed by atoms with Gasteiger partial charge in [0.2, 0.25) is 0 Å². The van der Waals surface area contributed by atoms with Gasteiger partial charge in [-0.05, 0) is 67.9 Å². The normalized spacial score (nSPS) is 13.9. The van der Waals surface area contributed by atoms with Crippen molar-refractivity contribution in [3.8, 4) is 12.1 Å². The molecule has 0 aromatic heterocycles. The van der Waals surface area contributed by atoms with E-state index < -0.39 is 5.60 Å². The monoisotopic (exact) mass is 537 g/mol. The minimum Gasteiger partial charge on any atom is -0.480 e. The maximum absolute atomic E-state index is 9.61. The molecule has 0 saturated carbocycles. The van der Waals surface area contributed by atoms with Crippen LogP contribution in [0.15, 0.2) is 148 Å². The molecule has 0 amide bonds. The number of hydrogen-bond acceptors (Lipinski definition) is 5. The maximum atomic E-state index is 9.61. The first kappa shape index (κ1) is 26.6. The van der Waals surface area contributed by atoms with Gasteiger partial charge >= 0.3 is 0 Å². The number of rotatable bonds is 7. The Hall–Kier alpha value is -4.97. The first-order valence-electron chi connectivity index (χ1n) is 12.9. The Labute approximate surface area is 239 Å². The number of ether oxygens (including phenoxy) is 1.